The predicted octanol–water partition coefficient (Wildman–Crippen LogP) is 3.08. The van der Waals surface area contributed by atoms with Crippen LogP contribution in [0.25, 0.3) is 6.08 Å². The number of carbonyl (C=O) groups is 3. The highest BCUT2D eigenvalue weighted by molar-refractivity contribution is 8.18. The summed E-state index contributed by atoms with van der Waals surface area (Å²) in [6, 6.07) is 9.45. The van der Waals surface area contributed by atoms with Gasteiger partial charge in [-0.1, -0.05) is 6.07 Å². The minimum absolute atomic E-state index is 0.0624. The van der Waals surface area contributed by atoms with Gasteiger partial charge in [0.15, 0.2) is 16.7 Å². The van der Waals surface area contributed by atoms with Gasteiger partial charge in [0.25, 0.3) is 5.91 Å². The first kappa shape index (κ1) is 21.9. The minimum Gasteiger partial charge on any atom is -0.493 e. The molecule has 1 saturated heterocycles. The van der Waals surface area contributed by atoms with Crippen LogP contribution in [-0.4, -0.2) is 49.4 Å². The summed E-state index contributed by atoms with van der Waals surface area (Å²) in [7, 11) is 4.04. The van der Waals surface area contributed by atoms with Gasteiger partial charge in [0.05, 0.1) is 37.5 Å². The molecule has 0 atom stereocenters. The Morgan fingerprint density at radius 2 is 1.77 bits per heavy atom. The maximum absolute atomic E-state index is 12.4. The topological polar surface area (TPSA) is 124 Å². The normalized spacial score (nSPS) is 15.6. The lowest BCUT2D eigenvalue weighted by Crippen LogP contribution is -2.19. The lowest BCUT2D eigenvalue weighted by Gasteiger charge is -2.12. The first-order valence-corrected chi connectivity index (χ1v) is 9.65. The van der Waals surface area contributed by atoms with Crippen LogP contribution in [-0.2, 0) is 9.53 Å². The highest BCUT2D eigenvalue weighted by Crippen LogP contribution is 2.36. The van der Waals surface area contributed by atoms with E-state index in [0.717, 1.165) is 11.8 Å². The van der Waals surface area contributed by atoms with Gasteiger partial charge in [0.2, 0.25) is 0 Å². The van der Waals surface area contributed by atoms with E-state index in [1.165, 1.54) is 33.5 Å². The second-order valence-electron chi connectivity index (χ2n) is 6.09. The van der Waals surface area contributed by atoms with Crippen molar-refractivity contribution in [3.8, 4) is 11.5 Å². The van der Waals surface area contributed by atoms with Crippen molar-refractivity contribution in [1.82, 2.24) is 5.32 Å². The number of carbonyl (C=O) groups excluding carboxylic acids is 2. The number of aliphatic imine (C=N–C) groups is 1. The molecule has 160 valence electrons. The summed E-state index contributed by atoms with van der Waals surface area (Å²) in [5.41, 5.74) is 1.07. The van der Waals surface area contributed by atoms with Crippen molar-refractivity contribution in [3.05, 3.63) is 58.0 Å². The number of carboxylic acid groups (broad SMARTS) is 1. The highest BCUT2D eigenvalue weighted by atomic mass is 32.2. The first-order chi connectivity index (χ1) is 14.9. The van der Waals surface area contributed by atoms with Crippen LogP contribution in [0.1, 0.15) is 26.3 Å². The molecule has 10 heteroatoms. The molecule has 1 fully saturated rings. The molecule has 0 unspecified atom stereocenters. The fourth-order valence-electron chi connectivity index (χ4n) is 2.81. The number of benzene rings is 2. The second-order valence-corrected chi connectivity index (χ2v) is 7.12. The second kappa shape index (κ2) is 9.35. The Bertz CT molecular complexity index is 1110. The van der Waals surface area contributed by atoms with E-state index in [1.54, 1.807) is 30.3 Å². The van der Waals surface area contributed by atoms with Crippen molar-refractivity contribution >= 4 is 46.5 Å². The molecule has 0 radical (unpaired) electrons. The van der Waals surface area contributed by atoms with Gasteiger partial charge < -0.3 is 24.6 Å². The summed E-state index contributed by atoms with van der Waals surface area (Å²) >= 11 is 1.06. The number of nitrogens with one attached hydrogen (secondary N) is 1. The van der Waals surface area contributed by atoms with E-state index >= 15 is 0 Å². The average Bonchev–Trinajstić information content (AvgIpc) is 3.11. The number of aromatic carboxylic acids is 1. The summed E-state index contributed by atoms with van der Waals surface area (Å²) in [4.78, 5) is 40.3. The van der Waals surface area contributed by atoms with E-state index in [1.807, 2.05) is 0 Å². The number of methoxy groups -OCH3 is 3. The van der Waals surface area contributed by atoms with Gasteiger partial charge in [-0.25, -0.2) is 14.6 Å². The number of amides is 1. The highest BCUT2D eigenvalue weighted by Gasteiger charge is 2.26. The summed E-state index contributed by atoms with van der Waals surface area (Å²) in [6.07, 6.45) is 1.45. The molecule has 0 saturated carbocycles. The van der Waals surface area contributed by atoms with Crippen LogP contribution in [0.4, 0.5) is 5.69 Å². The third-order valence-electron chi connectivity index (χ3n) is 4.25. The van der Waals surface area contributed by atoms with Crippen LogP contribution in [0, 0.1) is 0 Å². The molecule has 0 aromatic heterocycles. The molecule has 9 nitrogen and oxygen atoms in total. The number of esters is 1. The van der Waals surface area contributed by atoms with Crippen LogP contribution in [0.2, 0.25) is 0 Å². The summed E-state index contributed by atoms with van der Waals surface area (Å²) < 4.78 is 15.0. The van der Waals surface area contributed by atoms with Gasteiger partial charge in [-0.15, -0.1) is 0 Å². The molecule has 2 aromatic rings. The average molecular weight is 442 g/mol. The predicted molar refractivity (Wildman–Crippen MR) is 115 cm³/mol. The standard InChI is InChI=1S/C21H18N2O7S/c1-28-14-9-6-12(16(19(25)26)17(14)29-2)10-15-18(24)23-21(31-15)22-13-7-4-11(5-8-13)20(27)30-3/h4-10H,1-3H3,(H,25,26)(H,22,23,24)/b15-10-. The van der Waals surface area contributed by atoms with Crippen molar-refractivity contribution in [2.45, 2.75) is 0 Å². The fraction of sp³-hybridized carbons (Fsp3) is 0.143. The van der Waals surface area contributed by atoms with Crippen LogP contribution in [0.3, 0.4) is 0 Å². The Hall–Kier alpha value is -3.79. The quantitative estimate of drug-likeness (QED) is 0.517. The molecular weight excluding hydrogens is 424 g/mol. The van der Waals surface area contributed by atoms with Gasteiger partial charge in [-0.2, -0.15) is 0 Å². The molecule has 31 heavy (non-hydrogen) atoms. The van der Waals surface area contributed by atoms with Crippen LogP contribution < -0.4 is 14.8 Å². The zero-order chi connectivity index (χ0) is 22.5. The van der Waals surface area contributed by atoms with Gasteiger partial charge in [-0.05, 0) is 53.7 Å². The van der Waals surface area contributed by atoms with E-state index in [2.05, 4.69) is 15.0 Å². The molecule has 1 amide bonds. The number of ether oxygens (including phenoxy) is 3. The van der Waals surface area contributed by atoms with Crippen LogP contribution >= 0.6 is 11.8 Å². The number of carboxylic acids is 1. The fourth-order valence-corrected chi connectivity index (χ4v) is 3.64. The van der Waals surface area contributed by atoms with Crippen molar-refractivity contribution in [2.24, 2.45) is 4.99 Å². The van der Waals surface area contributed by atoms with Gasteiger partial charge in [0, 0.05) is 0 Å². The van der Waals surface area contributed by atoms with Gasteiger partial charge in [0.1, 0.15) is 5.56 Å². The number of rotatable bonds is 6. The molecule has 1 aliphatic rings. The zero-order valence-electron chi connectivity index (χ0n) is 16.8. The number of nitrogens with zero attached hydrogens (tertiary/aromatic N) is 1. The number of amidine groups is 1. The molecular formula is C21H18N2O7S. The summed E-state index contributed by atoms with van der Waals surface area (Å²) in [6.45, 7) is 0. The SMILES string of the molecule is COC(=O)c1ccc(N=C2NC(=O)/C(=C/c3ccc(OC)c(OC)c3C(=O)O)S2)cc1. The molecule has 0 spiro atoms. The third kappa shape index (κ3) is 4.69. The Morgan fingerprint density at radius 1 is 1.06 bits per heavy atom. The number of hydrogen-bond donors (Lipinski definition) is 2. The van der Waals surface area contributed by atoms with E-state index in [9.17, 15) is 19.5 Å². The molecule has 3 rings (SSSR count). The Labute approximate surface area is 181 Å². The van der Waals surface area contributed by atoms with Crippen molar-refractivity contribution in [2.75, 3.05) is 21.3 Å². The molecule has 1 aliphatic heterocycles. The smallest absolute Gasteiger partial charge is 0.340 e. The Morgan fingerprint density at radius 3 is 2.35 bits per heavy atom. The van der Waals surface area contributed by atoms with Crippen molar-refractivity contribution < 1.29 is 33.7 Å². The van der Waals surface area contributed by atoms with Crippen molar-refractivity contribution in [1.29, 1.82) is 0 Å². The minimum atomic E-state index is -1.22. The Balaban J connectivity index is 1.90. The van der Waals surface area contributed by atoms with Gasteiger partial charge in [-0.3, -0.25) is 4.79 Å². The maximum Gasteiger partial charge on any atom is 0.340 e. The number of thioether (sulfide) groups is 1. The Kier molecular flexibility index (Phi) is 6.61. The van der Waals surface area contributed by atoms with E-state index in [-0.39, 0.29) is 27.5 Å². The molecule has 0 bridgehead atoms. The monoisotopic (exact) mass is 442 g/mol. The lowest BCUT2D eigenvalue weighted by molar-refractivity contribution is -0.115. The van der Waals surface area contributed by atoms with E-state index < -0.39 is 17.8 Å². The third-order valence-corrected chi connectivity index (χ3v) is 5.16. The number of hydrogen-bond acceptors (Lipinski definition) is 8. The summed E-state index contributed by atoms with van der Waals surface area (Å²) in [5.74, 6) is -1.76. The first-order valence-electron chi connectivity index (χ1n) is 8.84. The molecule has 0 aliphatic carbocycles. The summed E-state index contributed by atoms with van der Waals surface area (Å²) in [5, 5.41) is 12.6. The van der Waals surface area contributed by atoms with E-state index in [4.69, 9.17) is 9.47 Å². The van der Waals surface area contributed by atoms with Gasteiger partial charge >= 0.3 is 11.9 Å². The van der Waals surface area contributed by atoms with Crippen molar-refractivity contribution in [3.63, 3.8) is 0 Å². The maximum atomic E-state index is 12.4. The van der Waals surface area contributed by atoms with Crippen LogP contribution in [0.15, 0.2) is 46.3 Å². The van der Waals surface area contributed by atoms with E-state index in [0.29, 0.717) is 16.4 Å². The largest absolute Gasteiger partial charge is 0.493 e. The van der Waals surface area contributed by atoms with Crippen LogP contribution in [0.5, 0.6) is 11.5 Å². The molecule has 2 aromatic carbocycles. The lowest BCUT2D eigenvalue weighted by atomic mass is 10.0. The molecule has 2 N–H and O–H groups in total. The zero-order valence-corrected chi connectivity index (χ0v) is 17.6. The molecule has 1 heterocycles.